The van der Waals surface area contributed by atoms with E-state index in [1.165, 1.54) is 0 Å². The maximum absolute atomic E-state index is 10.7. The molecular weight excluding hydrogens is 263 g/mol. The second kappa shape index (κ2) is 6.34. The standard InChI is InChI=1S/C12H21NO.Y/c1-5-11-8-10(12(2,3)4)6-7-13(11)9-14;/h10-11H,1,5-8H2,2-4H3;/q-2;. The van der Waals surface area contributed by atoms with Crippen LogP contribution in [0.5, 0.6) is 0 Å². The SMILES string of the molecule is [CH2-]CC1CC(C(C)(C)C)CCN1[C-]=O.[Y]. The van der Waals surface area contributed by atoms with E-state index in [0.29, 0.717) is 17.4 Å². The molecule has 0 N–H and O–H groups in total. The summed E-state index contributed by atoms with van der Waals surface area (Å²) in [5.74, 6) is 0.707. The van der Waals surface area contributed by atoms with Gasteiger partial charge in [0.2, 0.25) is 0 Å². The third-order valence-corrected chi connectivity index (χ3v) is 3.39. The molecule has 0 spiro atoms. The molecule has 1 saturated heterocycles. The van der Waals surface area contributed by atoms with Gasteiger partial charge in [0.15, 0.2) is 0 Å². The molecule has 1 heterocycles. The Hall–Kier alpha value is 0.574. The fourth-order valence-electron chi connectivity index (χ4n) is 2.23. The fourth-order valence-corrected chi connectivity index (χ4v) is 2.23. The van der Waals surface area contributed by atoms with E-state index >= 15 is 0 Å². The quantitative estimate of drug-likeness (QED) is 0.713. The van der Waals surface area contributed by atoms with Gasteiger partial charge in [-0.2, -0.15) is 12.8 Å². The number of rotatable bonds is 2. The van der Waals surface area contributed by atoms with Gasteiger partial charge >= 0.3 is 0 Å². The maximum Gasteiger partial charge on any atom is 0 e. The number of piperidine rings is 1. The van der Waals surface area contributed by atoms with Gasteiger partial charge in [-0.1, -0.05) is 20.8 Å². The van der Waals surface area contributed by atoms with Crippen molar-refractivity contribution in [2.24, 2.45) is 11.3 Å². The molecule has 1 aliphatic heterocycles. The van der Waals surface area contributed by atoms with Crippen LogP contribution in [-0.2, 0) is 37.5 Å². The van der Waals surface area contributed by atoms with E-state index < -0.39 is 0 Å². The first-order valence-corrected chi connectivity index (χ1v) is 5.42. The number of hydrogen-bond donors (Lipinski definition) is 0. The van der Waals surface area contributed by atoms with Crippen molar-refractivity contribution in [3.05, 3.63) is 6.92 Å². The Balaban J connectivity index is 0.00000196. The van der Waals surface area contributed by atoms with Crippen LogP contribution in [-0.4, -0.2) is 23.9 Å². The van der Waals surface area contributed by atoms with Crippen LogP contribution in [0.2, 0.25) is 0 Å². The van der Waals surface area contributed by atoms with Crippen LogP contribution in [0.1, 0.15) is 40.0 Å². The average molecular weight is 284 g/mol. The molecule has 3 heteroatoms. The van der Waals surface area contributed by atoms with Crippen LogP contribution >= 0.6 is 0 Å². The fraction of sp³-hybridized carbons (Fsp3) is 0.833. The molecule has 2 atom stereocenters. The Kier molecular flexibility index (Phi) is 6.59. The van der Waals surface area contributed by atoms with E-state index in [4.69, 9.17) is 0 Å². The third-order valence-electron chi connectivity index (χ3n) is 3.39. The van der Waals surface area contributed by atoms with Crippen LogP contribution in [0.4, 0.5) is 0 Å². The summed E-state index contributed by atoms with van der Waals surface area (Å²) in [4.78, 5) is 12.4. The van der Waals surface area contributed by atoms with E-state index in [1.54, 1.807) is 4.90 Å². The largest absolute Gasteiger partial charge is 0.520 e. The second-order valence-electron chi connectivity index (χ2n) is 5.31. The zero-order valence-electron chi connectivity index (χ0n) is 10.1. The van der Waals surface area contributed by atoms with Crippen LogP contribution < -0.4 is 0 Å². The summed E-state index contributed by atoms with van der Waals surface area (Å²) in [7, 11) is 0. The Bertz CT molecular complexity index is 200. The van der Waals surface area contributed by atoms with Crippen molar-refractivity contribution in [1.29, 1.82) is 0 Å². The summed E-state index contributed by atoms with van der Waals surface area (Å²) in [5.41, 5.74) is 0.350. The monoisotopic (exact) mass is 284 g/mol. The second-order valence-corrected chi connectivity index (χ2v) is 5.31. The average Bonchev–Trinajstić information content (AvgIpc) is 2.15. The Labute approximate surface area is 119 Å². The number of nitrogens with zero attached hydrogens (tertiary/aromatic N) is 1. The zero-order valence-corrected chi connectivity index (χ0v) is 13.0. The predicted octanol–water partition coefficient (Wildman–Crippen LogP) is 2.40. The summed E-state index contributed by atoms with van der Waals surface area (Å²) in [6.07, 6.45) is 5.02. The van der Waals surface area contributed by atoms with Gasteiger partial charge in [0.25, 0.3) is 0 Å². The van der Waals surface area contributed by atoms with Gasteiger partial charge < -0.3 is 16.6 Å². The van der Waals surface area contributed by atoms with E-state index in [-0.39, 0.29) is 32.7 Å². The third kappa shape index (κ3) is 4.15. The number of amides is 1. The van der Waals surface area contributed by atoms with Crippen molar-refractivity contribution in [2.45, 2.75) is 46.1 Å². The molecule has 1 rings (SSSR count). The normalized spacial score (nSPS) is 27.1. The minimum atomic E-state index is 0. The molecule has 0 aliphatic carbocycles. The van der Waals surface area contributed by atoms with E-state index in [2.05, 4.69) is 27.7 Å². The van der Waals surface area contributed by atoms with Gasteiger partial charge in [-0.15, -0.1) is 0 Å². The van der Waals surface area contributed by atoms with E-state index in [0.717, 1.165) is 25.8 Å². The van der Waals surface area contributed by atoms with Crippen LogP contribution in [0.3, 0.4) is 0 Å². The van der Waals surface area contributed by atoms with Crippen molar-refractivity contribution in [2.75, 3.05) is 6.54 Å². The molecule has 1 fully saturated rings. The van der Waals surface area contributed by atoms with E-state index in [1.807, 2.05) is 6.41 Å². The molecule has 0 saturated carbocycles. The van der Waals surface area contributed by atoms with Crippen molar-refractivity contribution >= 4 is 6.41 Å². The van der Waals surface area contributed by atoms with Crippen molar-refractivity contribution in [1.82, 2.24) is 4.90 Å². The number of carbonyl (C=O) groups excluding carboxylic acids is 1. The minimum Gasteiger partial charge on any atom is -0.520 e. The summed E-state index contributed by atoms with van der Waals surface area (Å²) in [5, 5.41) is 0. The summed E-state index contributed by atoms with van der Waals surface area (Å²) in [6, 6.07) is 0.311. The van der Waals surface area contributed by atoms with Crippen LogP contribution in [0, 0.1) is 18.3 Å². The zero-order chi connectivity index (χ0) is 10.8. The molecule has 0 aromatic heterocycles. The van der Waals surface area contributed by atoms with Crippen molar-refractivity contribution < 1.29 is 37.5 Å². The van der Waals surface area contributed by atoms with Crippen molar-refractivity contribution in [3.8, 4) is 0 Å². The van der Waals surface area contributed by atoms with Crippen molar-refractivity contribution in [3.63, 3.8) is 0 Å². The first kappa shape index (κ1) is 15.6. The molecule has 85 valence electrons. The number of likely N-dealkylation sites (tertiary alicyclic amines) is 1. The Morgan fingerprint density at radius 1 is 1.47 bits per heavy atom. The smallest absolute Gasteiger partial charge is 0 e. The summed E-state index contributed by atoms with van der Waals surface area (Å²) in [6.45, 7) is 11.6. The molecule has 1 amide bonds. The topological polar surface area (TPSA) is 20.3 Å². The summed E-state index contributed by atoms with van der Waals surface area (Å²) >= 11 is 0. The summed E-state index contributed by atoms with van der Waals surface area (Å²) < 4.78 is 0. The molecule has 1 aliphatic rings. The minimum absolute atomic E-state index is 0. The first-order chi connectivity index (χ1) is 6.49. The molecule has 0 aromatic carbocycles. The van der Waals surface area contributed by atoms with Gasteiger partial charge in [0.1, 0.15) is 0 Å². The number of hydrogen-bond acceptors (Lipinski definition) is 1. The Morgan fingerprint density at radius 2 is 2.07 bits per heavy atom. The molecule has 15 heavy (non-hydrogen) atoms. The van der Waals surface area contributed by atoms with Crippen LogP contribution in [0.25, 0.3) is 0 Å². The Morgan fingerprint density at radius 3 is 2.47 bits per heavy atom. The molecule has 0 aromatic rings. The molecule has 0 bridgehead atoms. The van der Waals surface area contributed by atoms with Gasteiger partial charge in [-0.05, 0) is 36.8 Å². The van der Waals surface area contributed by atoms with E-state index in [9.17, 15) is 4.79 Å². The first-order valence-electron chi connectivity index (χ1n) is 5.42. The molecule has 2 nitrogen and oxygen atoms in total. The molecular formula is C12H21NOY-2. The van der Waals surface area contributed by atoms with Gasteiger partial charge in [0.05, 0.1) is 0 Å². The van der Waals surface area contributed by atoms with Gasteiger partial charge in [0, 0.05) is 32.7 Å². The maximum atomic E-state index is 10.7. The predicted molar refractivity (Wildman–Crippen MR) is 58.3 cm³/mol. The van der Waals surface area contributed by atoms with Gasteiger partial charge in [-0.25, -0.2) is 0 Å². The van der Waals surface area contributed by atoms with Crippen LogP contribution in [0.15, 0.2) is 0 Å². The molecule has 1 radical (unpaired) electrons. The van der Waals surface area contributed by atoms with Gasteiger partial charge in [-0.3, -0.25) is 0 Å². The molecule has 2 unspecified atom stereocenters.